The Morgan fingerprint density at radius 3 is 2.85 bits per heavy atom. The van der Waals surface area contributed by atoms with Crippen molar-refractivity contribution in [3.8, 4) is 5.75 Å². The molecule has 20 heavy (non-hydrogen) atoms. The van der Waals surface area contributed by atoms with Gasteiger partial charge in [0.1, 0.15) is 12.4 Å². The van der Waals surface area contributed by atoms with Crippen LogP contribution in [-0.2, 0) is 6.61 Å². The van der Waals surface area contributed by atoms with E-state index >= 15 is 0 Å². The molecule has 1 aromatic carbocycles. The predicted molar refractivity (Wildman–Crippen MR) is 71.9 cm³/mol. The van der Waals surface area contributed by atoms with E-state index in [1.807, 2.05) is 0 Å². The van der Waals surface area contributed by atoms with Crippen LogP contribution in [0.25, 0.3) is 0 Å². The molecule has 0 radical (unpaired) electrons. The summed E-state index contributed by atoms with van der Waals surface area (Å²) >= 11 is 5.90. The minimum atomic E-state index is -2.64. The fourth-order valence-electron chi connectivity index (χ4n) is 1.78. The summed E-state index contributed by atoms with van der Waals surface area (Å²) in [6.07, 6.45) is 2.51. The summed E-state index contributed by atoms with van der Waals surface area (Å²) in [6.45, 7) is -0.925. The fourth-order valence-corrected chi connectivity index (χ4v) is 1.96. The van der Waals surface area contributed by atoms with Gasteiger partial charge in [-0.05, 0) is 25.1 Å². The first-order chi connectivity index (χ1) is 9.49. The molecule has 0 amide bonds. The van der Waals surface area contributed by atoms with Gasteiger partial charge in [-0.15, -0.1) is 0 Å². The molecule has 0 saturated heterocycles. The second-order valence-electron chi connectivity index (χ2n) is 4.29. The van der Waals surface area contributed by atoms with Crippen LogP contribution < -0.4 is 10.5 Å². The lowest BCUT2D eigenvalue weighted by molar-refractivity contribution is 0.0632. The van der Waals surface area contributed by atoms with Gasteiger partial charge < -0.3 is 10.5 Å². The second-order valence-corrected chi connectivity index (χ2v) is 4.72. The molecule has 0 aliphatic rings. The monoisotopic (exact) mass is 301 g/mol. The number of aromatic nitrogens is 2. The molecule has 0 aliphatic heterocycles. The highest BCUT2D eigenvalue weighted by Crippen LogP contribution is 2.28. The molecule has 0 spiro atoms. The molecular weight excluding hydrogens is 288 g/mol. The van der Waals surface area contributed by atoms with Gasteiger partial charge in [0.15, 0.2) is 5.82 Å². The van der Waals surface area contributed by atoms with Crippen molar-refractivity contribution in [1.29, 1.82) is 0 Å². The van der Waals surface area contributed by atoms with Crippen molar-refractivity contribution in [2.75, 3.05) is 0 Å². The van der Waals surface area contributed by atoms with Gasteiger partial charge in [-0.1, -0.05) is 11.6 Å². The summed E-state index contributed by atoms with van der Waals surface area (Å²) < 4.78 is 31.6. The molecule has 0 unspecified atom stereocenters. The second kappa shape index (κ2) is 6.19. The number of hydrogen-bond donors (Lipinski definition) is 1. The third kappa shape index (κ3) is 3.26. The van der Waals surface area contributed by atoms with Crippen LogP contribution in [0.4, 0.5) is 8.78 Å². The van der Waals surface area contributed by atoms with E-state index < -0.39 is 6.55 Å². The summed E-state index contributed by atoms with van der Waals surface area (Å²) in [5, 5.41) is 0.540. The average molecular weight is 302 g/mol. The lowest BCUT2D eigenvalue weighted by Gasteiger charge is -2.14. The topological polar surface area (TPSA) is 53.1 Å². The van der Waals surface area contributed by atoms with Crippen molar-refractivity contribution in [2.45, 2.75) is 26.1 Å². The highest BCUT2D eigenvalue weighted by Gasteiger charge is 2.14. The largest absolute Gasteiger partial charge is 0.485 e. The Balaban J connectivity index is 2.17. The first-order valence-corrected chi connectivity index (χ1v) is 6.34. The normalized spacial score (nSPS) is 12.7. The molecule has 2 aromatic rings. The van der Waals surface area contributed by atoms with Crippen molar-refractivity contribution < 1.29 is 13.5 Å². The van der Waals surface area contributed by atoms with Crippen LogP contribution in [-0.4, -0.2) is 9.55 Å². The van der Waals surface area contributed by atoms with Crippen molar-refractivity contribution in [1.82, 2.24) is 9.55 Å². The molecule has 0 bridgehead atoms. The highest BCUT2D eigenvalue weighted by molar-refractivity contribution is 6.30. The Bertz CT molecular complexity index is 587. The van der Waals surface area contributed by atoms with Gasteiger partial charge in [-0.2, -0.15) is 8.78 Å². The third-order valence-corrected chi connectivity index (χ3v) is 3.01. The van der Waals surface area contributed by atoms with Crippen molar-refractivity contribution >= 4 is 11.6 Å². The van der Waals surface area contributed by atoms with Crippen LogP contribution in [0.2, 0.25) is 5.02 Å². The Hall–Kier alpha value is -1.66. The summed E-state index contributed by atoms with van der Waals surface area (Å²) in [4.78, 5) is 3.85. The smallest absolute Gasteiger partial charge is 0.320 e. The first-order valence-electron chi connectivity index (χ1n) is 5.96. The quantitative estimate of drug-likeness (QED) is 0.919. The van der Waals surface area contributed by atoms with Gasteiger partial charge in [0.25, 0.3) is 0 Å². The molecule has 0 saturated carbocycles. The van der Waals surface area contributed by atoms with Gasteiger partial charge in [0.05, 0.1) is 0 Å². The zero-order chi connectivity index (χ0) is 14.7. The van der Waals surface area contributed by atoms with E-state index in [2.05, 4.69) is 4.98 Å². The minimum Gasteiger partial charge on any atom is -0.485 e. The Labute approximate surface area is 120 Å². The third-order valence-electron chi connectivity index (χ3n) is 2.78. The highest BCUT2D eigenvalue weighted by atomic mass is 35.5. The van der Waals surface area contributed by atoms with E-state index in [0.717, 1.165) is 4.57 Å². The maximum Gasteiger partial charge on any atom is 0.320 e. The van der Waals surface area contributed by atoms with E-state index in [9.17, 15) is 8.78 Å². The molecule has 7 heteroatoms. The summed E-state index contributed by atoms with van der Waals surface area (Å²) in [6, 6.07) is 4.73. The fraction of sp³-hybridized carbons (Fsp3) is 0.308. The number of benzene rings is 1. The molecule has 1 aromatic heterocycles. The number of nitrogens with zero attached hydrogens (tertiary/aromatic N) is 2. The number of rotatable bonds is 5. The summed E-state index contributed by atoms with van der Waals surface area (Å²) in [7, 11) is 0. The molecule has 1 atom stereocenters. The maximum absolute atomic E-state index is 12.7. The van der Waals surface area contributed by atoms with Crippen molar-refractivity contribution in [3.05, 3.63) is 47.0 Å². The molecule has 0 fully saturated rings. The van der Waals surface area contributed by atoms with Crippen molar-refractivity contribution in [3.63, 3.8) is 0 Å². The van der Waals surface area contributed by atoms with Gasteiger partial charge in [-0.25, -0.2) is 4.98 Å². The maximum atomic E-state index is 12.7. The standard InChI is InChI=1S/C13H14ClF2N3O/c1-8(17)10-6-9(14)2-3-11(10)20-7-12-18-4-5-19(12)13(15)16/h2-6,8,13H,7,17H2,1H3/t8-/m1/s1. The van der Waals surface area contributed by atoms with E-state index in [1.165, 1.54) is 12.4 Å². The SMILES string of the molecule is C[C@@H](N)c1cc(Cl)ccc1OCc1nccn1C(F)F. The number of hydrogen-bond acceptors (Lipinski definition) is 3. The van der Waals surface area contributed by atoms with Gasteiger partial charge in [0.2, 0.25) is 0 Å². The number of imidazole rings is 1. The van der Waals surface area contributed by atoms with Crippen LogP contribution >= 0.6 is 11.6 Å². The first kappa shape index (κ1) is 14.7. The van der Waals surface area contributed by atoms with Crippen LogP contribution in [0.15, 0.2) is 30.6 Å². The van der Waals surface area contributed by atoms with E-state index in [1.54, 1.807) is 25.1 Å². The van der Waals surface area contributed by atoms with Crippen LogP contribution in [0.5, 0.6) is 5.75 Å². The molecule has 1 heterocycles. The summed E-state index contributed by atoms with van der Waals surface area (Å²) in [5.74, 6) is 0.652. The Morgan fingerprint density at radius 2 is 2.20 bits per heavy atom. The number of alkyl halides is 2. The Kier molecular flexibility index (Phi) is 4.57. The molecule has 4 nitrogen and oxygen atoms in total. The molecule has 108 valence electrons. The van der Waals surface area contributed by atoms with Crippen LogP contribution in [0.3, 0.4) is 0 Å². The van der Waals surface area contributed by atoms with Crippen molar-refractivity contribution in [2.24, 2.45) is 5.73 Å². The molecule has 0 aliphatic carbocycles. The predicted octanol–water partition coefficient (Wildman–Crippen LogP) is 3.53. The zero-order valence-electron chi connectivity index (χ0n) is 10.8. The molecular formula is C13H14ClF2N3O. The zero-order valence-corrected chi connectivity index (χ0v) is 11.5. The number of ether oxygens (including phenoxy) is 1. The van der Waals surface area contributed by atoms with E-state index in [0.29, 0.717) is 16.3 Å². The lowest BCUT2D eigenvalue weighted by atomic mass is 10.1. The average Bonchev–Trinajstić information content (AvgIpc) is 2.85. The van der Waals surface area contributed by atoms with Gasteiger partial charge >= 0.3 is 6.55 Å². The Morgan fingerprint density at radius 1 is 1.45 bits per heavy atom. The van der Waals surface area contributed by atoms with E-state index in [4.69, 9.17) is 22.1 Å². The summed E-state index contributed by atoms with van der Waals surface area (Å²) in [5.41, 5.74) is 6.55. The molecule has 2 N–H and O–H groups in total. The number of halogens is 3. The van der Waals surface area contributed by atoms with Gasteiger partial charge in [-0.3, -0.25) is 4.57 Å². The number of nitrogens with two attached hydrogens (primary N) is 1. The van der Waals surface area contributed by atoms with E-state index in [-0.39, 0.29) is 18.5 Å². The minimum absolute atomic E-state index is 0.0707. The van der Waals surface area contributed by atoms with Gasteiger partial charge in [0, 0.05) is 29.0 Å². The van der Waals surface area contributed by atoms with Crippen LogP contribution in [0.1, 0.15) is 30.9 Å². The lowest BCUT2D eigenvalue weighted by Crippen LogP contribution is -2.11. The molecule has 2 rings (SSSR count). The van der Waals surface area contributed by atoms with Crippen LogP contribution in [0, 0.1) is 0 Å².